The molecule has 0 radical (unpaired) electrons. The average Bonchev–Trinajstić information content (AvgIpc) is 2.88. The molecule has 37 heavy (non-hydrogen) atoms. The van der Waals surface area contributed by atoms with Crippen molar-refractivity contribution in [2.75, 3.05) is 25.5 Å². The number of hydrogen-bond acceptors (Lipinski definition) is 6. The Balaban J connectivity index is 1.35. The summed E-state index contributed by atoms with van der Waals surface area (Å²) in [5.41, 5.74) is 3.45. The predicted octanol–water partition coefficient (Wildman–Crippen LogP) is 4.85. The molecule has 0 saturated carbocycles. The normalized spacial score (nSPS) is 18.4. The van der Waals surface area contributed by atoms with Crippen LogP contribution in [0.25, 0.3) is 5.57 Å². The Morgan fingerprint density at radius 1 is 1.03 bits per heavy atom. The molecule has 0 bridgehead atoms. The molecule has 3 amide bonds. The second-order valence-electron chi connectivity index (χ2n) is 10.4. The zero-order valence-corrected chi connectivity index (χ0v) is 22.0. The summed E-state index contributed by atoms with van der Waals surface area (Å²) in [5, 5.41) is 3.31. The highest BCUT2D eigenvalue weighted by Crippen LogP contribution is 2.26. The van der Waals surface area contributed by atoms with Gasteiger partial charge in [0.25, 0.3) is 5.91 Å². The third-order valence-electron chi connectivity index (χ3n) is 6.47. The van der Waals surface area contributed by atoms with E-state index in [9.17, 15) is 14.4 Å². The van der Waals surface area contributed by atoms with E-state index in [4.69, 9.17) is 9.47 Å². The fourth-order valence-electron chi connectivity index (χ4n) is 4.46. The third kappa shape index (κ3) is 6.70. The molecule has 196 valence electrons. The molecule has 1 saturated heterocycles. The molecule has 0 spiro atoms. The summed E-state index contributed by atoms with van der Waals surface area (Å²) >= 11 is 0. The highest BCUT2D eigenvalue weighted by atomic mass is 16.6. The van der Waals surface area contributed by atoms with E-state index in [2.05, 4.69) is 11.4 Å². The number of benzene rings is 2. The first kappa shape index (κ1) is 26.3. The Kier molecular flexibility index (Phi) is 7.86. The Bertz CT molecular complexity index is 1170. The first-order chi connectivity index (χ1) is 17.6. The summed E-state index contributed by atoms with van der Waals surface area (Å²) in [5.74, 6) is 0.361. The minimum absolute atomic E-state index is 0.154. The lowest BCUT2D eigenvalue weighted by molar-refractivity contribution is -0.149. The molecule has 8 nitrogen and oxygen atoms in total. The molecule has 4 rings (SSSR count). The number of amides is 3. The SMILES string of the molecule is COc1ccc(CN2C(=O)CCC(Nc3ccc(C4=CCN(C(=O)OC(C)(C)C)CC4)cc3)C2=O)cc1. The zero-order chi connectivity index (χ0) is 26.6. The molecule has 2 aliphatic rings. The first-order valence-electron chi connectivity index (χ1n) is 12.6. The standard InChI is InChI=1S/C29H35N3O5/c1-29(2,3)37-28(35)31-17-15-22(16-18-31)21-7-9-23(10-8-21)30-25-13-14-26(33)32(27(25)34)19-20-5-11-24(36-4)12-6-20/h5-12,15,25,30H,13-14,16-19H2,1-4H3. The number of ether oxygens (including phenoxy) is 2. The van der Waals surface area contributed by atoms with Crippen LogP contribution in [0.3, 0.4) is 0 Å². The average molecular weight is 506 g/mol. The lowest BCUT2D eigenvalue weighted by Crippen LogP contribution is -2.50. The van der Waals surface area contributed by atoms with Crippen molar-refractivity contribution in [2.45, 2.75) is 58.2 Å². The minimum Gasteiger partial charge on any atom is -0.497 e. The molecule has 1 fully saturated rings. The van der Waals surface area contributed by atoms with Gasteiger partial charge < -0.3 is 19.7 Å². The quantitative estimate of drug-likeness (QED) is 0.565. The molecule has 8 heteroatoms. The summed E-state index contributed by atoms with van der Waals surface area (Å²) in [4.78, 5) is 41.0. The number of carbonyl (C=O) groups excluding carboxylic acids is 3. The second kappa shape index (κ2) is 11.1. The highest BCUT2D eigenvalue weighted by molar-refractivity contribution is 6.01. The molecule has 1 atom stereocenters. The van der Waals surface area contributed by atoms with Gasteiger partial charge in [-0.3, -0.25) is 14.5 Å². The van der Waals surface area contributed by atoms with Gasteiger partial charge in [0.15, 0.2) is 0 Å². The van der Waals surface area contributed by atoms with Crippen molar-refractivity contribution in [1.29, 1.82) is 0 Å². The maximum Gasteiger partial charge on any atom is 0.410 e. The van der Waals surface area contributed by atoms with Gasteiger partial charge in [-0.15, -0.1) is 0 Å². The molecule has 1 unspecified atom stereocenters. The van der Waals surface area contributed by atoms with Crippen molar-refractivity contribution in [3.8, 4) is 5.75 Å². The number of nitrogens with one attached hydrogen (secondary N) is 1. The van der Waals surface area contributed by atoms with Crippen LogP contribution in [0.5, 0.6) is 5.75 Å². The summed E-state index contributed by atoms with van der Waals surface area (Å²) in [7, 11) is 1.60. The van der Waals surface area contributed by atoms with Gasteiger partial charge in [0.1, 0.15) is 17.4 Å². The number of anilines is 1. The van der Waals surface area contributed by atoms with Crippen LogP contribution in [0.1, 0.15) is 51.2 Å². The van der Waals surface area contributed by atoms with Crippen LogP contribution < -0.4 is 10.1 Å². The lowest BCUT2D eigenvalue weighted by atomic mass is 9.99. The maximum atomic E-state index is 13.1. The number of imide groups is 1. The number of hydrogen-bond donors (Lipinski definition) is 1. The van der Waals surface area contributed by atoms with E-state index < -0.39 is 11.6 Å². The Hall–Kier alpha value is -3.81. The van der Waals surface area contributed by atoms with Crippen molar-refractivity contribution in [3.63, 3.8) is 0 Å². The maximum absolute atomic E-state index is 13.1. The van der Waals surface area contributed by atoms with Crippen LogP contribution >= 0.6 is 0 Å². The van der Waals surface area contributed by atoms with Gasteiger partial charge in [-0.2, -0.15) is 0 Å². The van der Waals surface area contributed by atoms with E-state index in [1.165, 1.54) is 10.5 Å². The van der Waals surface area contributed by atoms with Crippen molar-refractivity contribution in [3.05, 3.63) is 65.7 Å². The van der Waals surface area contributed by atoms with Gasteiger partial charge in [-0.1, -0.05) is 30.3 Å². The summed E-state index contributed by atoms with van der Waals surface area (Å²) in [6.07, 6.45) is 3.29. The van der Waals surface area contributed by atoms with Crippen LogP contribution in [0, 0.1) is 0 Å². The van der Waals surface area contributed by atoms with E-state index in [0.29, 0.717) is 25.9 Å². The van der Waals surface area contributed by atoms with E-state index in [1.807, 2.05) is 69.3 Å². The van der Waals surface area contributed by atoms with Crippen LogP contribution in [0.2, 0.25) is 0 Å². The number of carbonyl (C=O) groups is 3. The summed E-state index contributed by atoms with van der Waals surface area (Å²) in [6, 6.07) is 14.9. The van der Waals surface area contributed by atoms with E-state index in [1.54, 1.807) is 12.0 Å². The molecule has 2 aromatic carbocycles. The van der Waals surface area contributed by atoms with Gasteiger partial charge in [-0.05, 0) is 74.6 Å². The van der Waals surface area contributed by atoms with E-state index in [-0.39, 0.29) is 24.5 Å². The Morgan fingerprint density at radius 3 is 2.32 bits per heavy atom. The Labute approximate surface area is 218 Å². The third-order valence-corrected chi connectivity index (χ3v) is 6.47. The van der Waals surface area contributed by atoms with Crippen LogP contribution in [-0.2, 0) is 20.9 Å². The molecular weight excluding hydrogens is 470 g/mol. The van der Waals surface area contributed by atoms with Crippen molar-refractivity contribution in [2.24, 2.45) is 0 Å². The fourth-order valence-corrected chi connectivity index (χ4v) is 4.46. The number of methoxy groups -OCH3 is 1. The van der Waals surface area contributed by atoms with Crippen molar-refractivity contribution in [1.82, 2.24) is 9.80 Å². The number of nitrogens with zero attached hydrogens (tertiary/aromatic N) is 2. The van der Waals surface area contributed by atoms with Crippen LogP contribution in [0.4, 0.5) is 10.5 Å². The molecule has 1 N–H and O–H groups in total. The van der Waals surface area contributed by atoms with Gasteiger partial charge in [0.2, 0.25) is 5.91 Å². The molecule has 2 aromatic rings. The van der Waals surface area contributed by atoms with Crippen LogP contribution in [-0.4, -0.2) is 59.5 Å². The van der Waals surface area contributed by atoms with Gasteiger partial charge in [0, 0.05) is 25.2 Å². The number of piperidine rings is 1. The van der Waals surface area contributed by atoms with E-state index in [0.717, 1.165) is 29.0 Å². The van der Waals surface area contributed by atoms with Gasteiger partial charge in [0.05, 0.1) is 13.7 Å². The van der Waals surface area contributed by atoms with Crippen molar-refractivity contribution < 1.29 is 23.9 Å². The van der Waals surface area contributed by atoms with Crippen LogP contribution in [0.15, 0.2) is 54.6 Å². The highest BCUT2D eigenvalue weighted by Gasteiger charge is 2.34. The smallest absolute Gasteiger partial charge is 0.410 e. The minimum atomic E-state index is -0.510. The number of rotatable bonds is 6. The molecular formula is C29H35N3O5. The van der Waals surface area contributed by atoms with Gasteiger partial charge in [-0.25, -0.2) is 4.79 Å². The molecule has 0 aromatic heterocycles. The van der Waals surface area contributed by atoms with Crippen molar-refractivity contribution >= 4 is 29.2 Å². The van der Waals surface area contributed by atoms with Gasteiger partial charge >= 0.3 is 6.09 Å². The molecule has 0 aliphatic carbocycles. The molecule has 2 heterocycles. The zero-order valence-electron chi connectivity index (χ0n) is 22.0. The lowest BCUT2D eigenvalue weighted by Gasteiger charge is -2.32. The predicted molar refractivity (Wildman–Crippen MR) is 142 cm³/mol. The summed E-state index contributed by atoms with van der Waals surface area (Å²) in [6.45, 7) is 6.95. The second-order valence-corrected chi connectivity index (χ2v) is 10.4. The largest absolute Gasteiger partial charge is 0.497 e. The van der Waals surface area contributed by atoms with E-state index >= 15 is 0 Å². The monoisotopic (exact) mass is 505 g/mol. The fraction of sp³-hybridized carbons (Fsp3) is 0.414. The molecule has 2 aliphatic heterocycles. The summed E-state index contributed by atoms with van der Waals surface area (Å²) < 4.78 is 10.6. The topological polar surface area (TPSA) is 88.2 Å². The number of likely N-dealkylation sites (tertiary alicyclic amines) is 1. The Morgan fingerprint density at radius 2 is 1.73 bits per heavy atom. The first-order valence-corrected chi connectivity index (χ1v) is 12.6.